The smallest absolute Gasteiger partial charge is 0.270 e. The van der Waals surface area contributed by atoms with Crippen LogP contribution < -0.4 is 5.32 Å². The van der Waals surface area contributed by atoms with Gasteiger partial charge in [-0.2, -0.15) is 11.8 Å². The molecule has 2 rings (SSSR count). The molecule has 1 aliphatic rings. The van der Waals surface area contributed by atoms with Crippen molar-refractivity contribution in [2.24, 2.45) is 0 Å². The van der Waals surface area contributed by atoms with Gasteiger partial charge in [0.05, 0.1) is 4.92 Å². The minimum atomic E-state index is -2.73. The molecular weight excluding hydrogens is 298 g/mol. The fourth-order valence-corrected chi connectivity index (χ4v) is 3.88. The van der Waals surface area contributed by atoms with Crippen LogP contribution in [0.2, 0.25) is 0 Å². The molecule has 7 heteroatoms. The number of thioether (sulfide) groups is 1. The highest BCUT2D eigenvalue weighted by Crippen LogP contribution is 2.36. The summed E-state index contributed by atoms with van der Waals surface area (Å²) in [4.78, 5) is 10.1. The number of anilines is 1. The van der Waals surface area contributed by atoms with E-state index in [1.807, 2.05) is 11.8 Å². The lowest BCUT2D eigenvalue weighted by molar-refractivity contribution is -0.385. The number of halogens is 2. The van der Waals surface area contributed by atoms with Gasteiger partial charge in [0, 0.05) is 34.7 Å². The van der Waals surface area contributed by atoms with E-state index >= 15 is 0 Å². The molecule has 116 valence electrons. The maximum absolute atomic E-state index is 13.1. The molecule has 1 fully saturated rings. The molecule has 0 heterocycles. The van der Waals surface area contributed by atoms with Crippen molar-refractivity contribution >= 4 is 23.1 Å². The summed E-state index contributed by atoms with van der Waals surface area (Å²) in [7, 11) is 0. The Balaban J connectivity index is 2.20. The molecule has 1 saturated carbocycles. The van der Waals surface area contributed by atoms with Crippen LogP contribution in [-0.2, 0) is 0 Å². The van der Waals surface area contributed by atoms with Crippen LogP contribution in [0.5, 0.6) is 0 Å². The van der Waals surface area contributed by atoms with Crippen LogP contribution in [0.3, 0.4) is 0 Å². The summed E-state index contributed by atoms with van der Waals surface area (Å²) in [6.07, 6.45) is 0.364. The maximum Gasteiger partial charge on any atom is 0.270 e. The molecule has 1 aromatic carbocycles. The summed E-state index contributed by atoms with van der Waals surface area (Å²) < 4.78 is 26.2. The molecule has 0 spiro atoms. The Bertz CT molecular complexity index is 514. The molecule has 1 N–H and O–H groups in total. The second-order valence-corrected chi connectivity index (χ2v) is 6.52. The topological polar surface area (TPSA) is 55.2 Å². The summed E-state index contributed by atoms with van der Waals surface area (Å²) in [5, 5.41) is 14.3. The number of benzene rings is 1. The summed E-state index contributed by atoms with van der Waals surface area (Å²) in [6.45, 7) is 2.08. The van der Waals surface area contributed by atoms with Crippen molar-refractivity contribution < 1.29 is 13.7 Å². The third-order valence-electron chi connectivity index (χ3n) is 3.66. The van der Waals surface area contributed by atoms with Gasteiger partial charge >= 0.3 is 0 Å². The minimum absolute atomic E-state index is 0.147. The van der Waals surface area contributed by atoms with Crippen molar-refractivity contribution in [3.8, 4) is 0 Å². The monoisotopic (exact) mass is 316 g/mol. The third kappa shape index (κ3) is 3.84. The number of alkyl halides is 2. The number of hydrogen-bond donors (Lipinski definition) is 1. The van der Waals surface area contributed by atoms with Gasteiger partial charge in [-0.1, -0.05) is 13.3 Å². The summed E-state index contributed by atoms with van der Waals surface area (Å²) in [5.74, 6) is 0.991. The molecule has 4 nitrogen and oxygen atoms in total. The first kappa shape index (κ1) is 16.0. The van der Waals surface area contributed by atoms with Gasteiger partial charge in [-0.15, -0.1) is 0 Å². The van der Waals surface area contributed by atoms with Crippen LogP contribution in [0.4, 0.5) is 20.2 Å². The Morgan fingerprint density at radius 1 is 1.48 bits per heavy atom. The van der Waals surface area contributed by atoms with Gasteiger partial charge in [0.1, 0.15) is 0 Å². The van der Waals surface area contributed by atoms with Crippen LogP contribution >= 0.6 is 11.8 Å². The average molecular weight is 316 g/mol. The second kappa shape index (κ2) is 7.06. The van der Waals surface area contributed by atoms with Crippen molar-refractivity contribution in [1.82, 2.24) is 0 Å². The summed E-state index contributed by atoms with van der Waals surface area (Å²) in [5.41, 5.74) is -0.290. The fraction of sp³-hybridized carbons (Fsp3) is 0.571. The molecule has 21 heavy (non-hydrogen) atoms. The average Bonchev–Trinajstić information content (AvgIpc) is 2.86. The summed E-state index contributed by atoms with van der Waals surface area (Å²) >= 11 is 1.83. The summed E-state index contributed by atoms with van der Waals surface area (Å²) in [6, 6.07) is 3.77. The highest BCUT2D eigenvalue weighted by molar-refractivity contribution is 7.99. The largest absolute Gasteiger partial charge is 0.381 e. The van der Waals surface area contributed by atoms with Gasteiger partial charge in [-0.25, -0.2) is 8.78 Å². The van der Waals surface area contributed by atoms with Crippen molar-refractivity contribution in [2.45, 2.75) is 43.9 Å². The van der Waals surface area contributed by atoms with Crippen molar-refractivity contribution in [2.75, 3.05) is 11.1 Å². The van der Waals surface area contributed by atoms with E-state index in [1.54, 1.807) is 0 Å². The van der Waals surface area contributed by atoms with Crippen molar-refractivity contribution in [1.29, 1.82) is 0 Å². The normalized spacial score (nSPS) is 21.7. The molecule has 0 saturated heterocycles. The zero-order valence-electron chi connectivity index (χ0n) is 11.7. The standard InChI is InChI=1S/C14H18F2N2O2S/c1-2-21-13-5-3-4-12(13)17-11-7-6-9(18(19)20)8-10(11)14(15)16/h6-8,12-14,17H,2-5H2,1H3. The lowest BCUT2D eigenvalue weighted by Gasteiger charge is -2.22. The van der Waals surface area contributed by atoms with Gasteiger partial charge < -0.3 is 5.32 Å². The number of non-ortho nitro benzene ring substituents is 1. The highest BCUT2D eigenvalue weighted by Gasteiger charge is 2.28. The van der Waals surface area contributed by atoms with Crippen molar-refractivity contribution in [3.63, 3.8) is 0 Å². The maximum atomic E-state index is 13.1. The number of rotatable bonds is 6. The van der Waals surface area contributed by atoms with E-state index in [1.165, 1.54) is 12.1 Å². The number of nitrogens with one attached hydrogen (secondary N) is 1. The molecule has 2 atom stereocenters. The van der Waals surface area contributed by atoms with E-state index in [-0.39, 0.29) is 17.3 Å². The van der Waals surface area contributed by atoms with Gasteiger partial charge in [-0.3, -0.25) is 10.1 Å². The molecule has 1 aromatic rings. The third-order valence-corrected chi connectivity index (χ3v) is 4.98. The lowest BCUT2D eigenvalue weighted by atomic mass is 10.1. The number of nitro benzene ring substituents is 1. The zero-order valence-corrected chi connectivity index (χ0v) is 12.5. The van der Waals surface area contributed by atoms with Gasteiger partial charge in [0.15, 0.2) is 0 Å². The van der Waals surface area contributed by atoms with Crippen LogP contribution in [0.15, 0.2) is 18.2 Å². The van der Waals surface area contributed by atoms with Gasteiger partial charge in [0.2, 0.25) is 0 Å². The van der Waals surface area contributed by atoms with E-state index in [0.717, 1.165) is 31.1 Å². The van der Waals surface area contributed by atoms with E-state index < -0.39 is 11.3 Å². The van der Waals surface area contributed by atoms with Crippen LogP contribution in [0.25, 0.3) is 0 Å². The zero-order chi connectivity index (χ0) is 15.4. The van der Waals surface area contributed by atoms with E-state index in [2.05, 4.69) is 12.2 Å². The Kier molecular flexibility index (Phi) is 5.39. The SMILES string of the molecule is CCSC1CCCC1Nc1ccc([N+](=O)[O-])cc1C(F)F. The van der Waals surface area contributed by atoms with Crippen molar-refractivity contribution in [3.05, 3.63) is 33.9 Å². The Morgan fingerprint density at radius 2 is 2.24 bits per heavy atom. The quantitative estimate of drug-likeness (QED) is 0.614. The highest BCUT2D eigenvalue weighted by atomic mass is 32.2. The van der Waals surface area contributed by atoms with E-state index in [0.29, 0.717) is 10.9 Å². The molecular formula is C14H18F2N2O2S. The van der Waals surface area contributed by atoms with E-state index in [9.17, 15) is 18.9 Å². The molecule has 0 bridgehead atoms. The predicted molar refractivity (Wildman–Crippen MR) is 81.2 cm³/mol. The fourth-order valence-electron chi connectivity index (χ4n) is 2.68. The van der Waals surface area contributed by atoms with Crippen LogP contribution in [0.1, 0.15) is 38.2 Å². The lowest BCUT2D eigenvalue weighted by Crippen LogP contribution is -2.26. The second-order valence-electron chi connectivity index (χ2n) is 5.00. The number of nitrogens with zero attached hydrogens (tertiary/aromatic N) is 1. The van der Waals surface area contributed by atoms with Crippen LogP contribution in [-0.4, -0.2) is 22.0 Å². The Hall–Kier alpha value is -1.37. The van der Waals surface area contributed by atoms with Gasteiger partial charge in [-0.05, 0) is 24.7 Å². The molecule has 2 unspecified atom stereocenters. The first-order chi connectivity index (χ1) is 10.0. The number of nitro groups is 1. The Morgan fingerprint density at radius 3 is 2.86 bits per heavy atom. The molecule has 0 aliphatic heterocycles. The van der Waals surface area contributed by atoms with Gasteiger partial charge in [0.25, 0.3) is 12.1 Å². The Labute approximate surface area is 126 Å². The molecule has 0 amide bonds. The predicted octanol–water partition coefficient (Wildman–Crippen LogP) is 4.62. The first-order valence-corrected chi connectivity index (χ1v) is 8.02. The van der Waals surface area contributed by atoms with E-state index in [4.69, 9.17) is 0 Å². The number of hydrogen-bond acceptors (Lipinski definition) is 4. The first-order valence-electron chi connectivity index (χ1n) is 6.97. The molecule has 0 aromatic heterocycles. The molecule has 1 aliphatic carbocycles. The van der Waals surface area contributed by atoms with Crippen LogP contribution in [0, 0.1) is 10.1 Å². The minimum Gasteiger partial charge on any atom is -0.381 e. The molecule has 0 radical (unpaired) electrons.